The number of rotatable bonds is 5. The molecule has 1 fully saturated rings. The first-order valence-corrected chi connectivity index (χ1v) is 7.20. The van der Waals surface area contributed by atoms with Gasteiger partial charge in [-0.3, -0.25) is 0 Å². The molecule has 102 valence electrons. The van der Waals surface area contributed by atoms with E-state index in [0.29, 0.717) is 24.5 Å². The van der Waals surface area contributed by atoms with E-state index in [1.807, 2.05) is 0 Å². The first kappa shape index (κ1) is 14.9. The molecule has 0 saturated carbocycles. The van der Waals surface area contributed by atoms with E-state index in [-0.39, 0.29) is 5.54 Å². The Kier molecular flexibility index (Phi) is 5.42. The van der Waals surface area contributed by atoms with E-state index in [9.17, 15) is 0 Å². The Balaban J connectivity index is 2.71. The molecule has 3 nitrogen and oxygen atoms in total. The summed E-state index contributed by atoms with van der Waals surface area (Å²) >= 11 is 0. The molecule has 3 heteroatoms. The van der Waals surface area contributed by atoms with Gasteiger partial charge in [-0.2, -0.15) is 0 Å². The minimum absolute atomic E-state index is 0.0224. The van der Waals surface area contributed by atoms with Crippen molar-refractivity contribution in [3.8, 4) is 0 Å². The predicted molar refractivity (Wildman–Crippen MR) is 74.7 cm³/mol. The van der Waals surface area contributed by atoms with Crippen molar-refractivity contribution in [3.05, 3.63) is 0 Å². The largest absolute Gasteiger partial charge is 0.329 e. The standard InChI is InChI=1S/C14H31N3/c1-6-11(2)14(5,10-15)16-17-12(3)8-7-9-13(17)4/h11-13,16H,6-10,15H2,1-5H3. The van der Waals surface area contributed by atoms with E-state index < -0.39 is 0 Å². The smallest absolute Gasteiger partial charge is 0.0445 e. The summed E-state index contributed by atoms with van der Waals surface area (Å²) in [6, 6.07) is 1.24. The fourth-order valence-corrected chi connectivity index (χ4v) is 2.74. The highest BCUT2D eigenvalue weighted by Gasteiger charge is 2.34. The maximum atomic E-state index is 6.00. The SMILES string of the molecule is CCC(C)C(C)(CN)NN1C(C)CCCC1C. The van der Waals surface area contributed by atoms with Crippen molar-refractivity contribution in [2.45, 2.75) is 77.9 Å². The highest BCUT2D eigenvalue weighted by Crippen LogP contribution is 2.25. The fraction of sp³-hybridized carbons (Fsp3) is 1.00. The van der Waals surface area contributed by atoms with E-state index in [1.54, 1.807) is 0 Å². The Morgan fingerprint density at radius 3 is 2.29 bits per heavy atom. The monoisotopic (exact) mass is 241 g/mol. The molecule has 1 aliphatic heterocycles. The van der Waals surface area contributed by atoms with Crippen LogP contribution in [0.1, 0.15) is 60.3 Å². The fourth-order valence-electron chi connectivity index (χ4n) is 2.74. The van der Waals surface area contributed by atoms with E-state index in [2.05, 4.69) is 45.1 Å². The van der Waals surface area contributed by atoms with Gasteiger partial charge in [-0.05, 0) is 39.5 Å². The van der Waals surface area contributed by atoms with Crippen molar-refractivity contribution in [1.29, 1.82) is 0 Å². The zero-order valence-electron chi connectivity index (χ0n) is 12.3. The summed E-state index contributed by atoms with van der Waals surface area (Å²) in [5.41, 5.74) is 9.77. The van der Waals surface area contributed by atoms with Gasteiger partial charge in [0.1, 0.15) is 0 Å². The molecule has 0 aromatic heterocycles. The van der Waals surface area contributed by atoms with Crippen LogP contribution in [0.15, 0.2) is 0 Å². The first-order valence-electron chi connectivity index (χ1n) is 7.20. The zero-order valence-corrected chi connectivity index (χ0v) is 12.3. The van der Waals surface area contributed by atoms with E-state index in [0.717, 1.165) is 6.42 Å². The van der Waals surface area contributed by atoms with Crippen molar-refractivity contribution < 1.29 is 0 Å². The molecule has 0 bridgehead atoms. The molecule has 1 aliphatic rings. The molecule has 17 heavy (non-hydrogen) atoms. The van der Waals surface area contributed by atoms with Crippen LogP contribution in [0.2, 0.25) is 0 Å². The summed E-state index contributed by atoms with van der Waals surface area (Å²) in [6.45, 7) is 12.1. The molecule has 3 N–H and O–H groups in total. The van der Waals surface area contributed by atoms with Crippen molar-refractivity contribution in [1.82, 2.24) is 10.4 Å². The quantitative estimate of drug-likeness (QED) is 0.777. The van der Waals surface area contributed by atoms with Gasteiger partial charge in [0.2, 0.25) is 0 Å². The number of hydrogen-bond donors (Lipinski definition) is 2. The molecule has 0 amide bonds. The highest BCUT2D eigenvalue weighted by atomic mass is 15.6. The lowest BCUT2D eigenvalue weighted by atomic mass is 9.85. The van der Waals surface area contributed by atoms with Gasteiger partial charge < -0.3 is 5.73 Å². The zero-order chi connectivity index (χ0) is 13.1. The van der Waals surface area contributed by atoms with Gasteiger partial charge in [0.05, 0.1) is 0 Å². The second kappa shape index (κ2) is 6.17. The van der Waals surface area contributed by atoms with Crippen molar-refractivity contribution >= 4 is 0 Å². The minimum Gasteiger partial charge on any atom is -0.329 e. The van der Waals surface area contributed by atoms with Crippen LogP contribution in [0.3, 0.4) is 0 Å². The molecule has 0 spiro atoms. The second-order valence-electron chi connectivity index (χ2n) is 6.08. The van der Waals surface area contributed by atoms with Gasteiger partial charge >= 0.3 is 0 Å². The molecular weight excluding hydrogens is 210 g/mol. The van der Waals surface area contributed by atoms with Crippen LogP contribution in [0.25, 0.3) is 0 Å². The number of nitrogens with zero attached hydrogens (tertiary/aromatic N) is 1. The van der Waals surface area contributed by atoms with Crippen LogP contribution in [-0.2, 0) is 0 Å². The summed E-state index contributed by atoms with van der Waals surface area (Å²) in [4.78, 5) is 0. The molecule has 0 aromatic carbocycles. The first-order chi connectivity index (χ1) is 7.94. The van der Waals surface area contributed by atoms with Crippen LogP contribution in [0, 0.1) is 5.92 Å². The molecule has 4 unspecified atom stereocenters. The molecular formula is C14H31N3. The normalized spacial score (nSPS) is 32.1. The predicted octanol–water partition coefficient (Wildman–Crippen LogP) is 2.52. The van der Waals surface area contributed by atoms with Gasteiger partial charge in [-0.1, -0.05) is 26.7 Å². The van der Waals surface area contributed by atoms with Crippen molar-refractivity contribution in [2.75, 3.05) is 6.54 Å². The Hall–Kier alpha value is -0.120. The van der Waals surface area contributed by atoms with Gasteiger partial charge in [-0.15, -0.1) is 0 Å². The Bertz CT molecular complexity index is 222. The lowest BCUT2D eigenvalue weighted by Gasteiger charge is -2.47. The average molecular weight is 241 g/mol. The van der Waals surface area contributed by atoms with Crippen molar-refractivity contribution in [3.63, 3.8) is 0 Å². The number of hydrogen-bond acceptors (Lipinski definition) is 3. The Morgan fingerprint density at radius 2 is 1.88 bits per heavy atom. The highest BCUT2D eigenvalue weighted by molar-refractivity contribution is 4.90. The summed E-state index contributed by atoms with van der Waals surface area (Å²) in [5.74, 6) is 0.592. The maximum absolute atomic E-state index is 6.00. The maximum Gasteiger partial charge on any atom is 0.0445 e. The summed E-state index contributed by atoms with van der Waals surface area (Å²) < 4.78 is 0. The van der Waals surface area contributed by atoms with E-state index >= 15 is 0 Å². The Morgan fingerprint density at radius 1 is 1.35 bits per heavy atom. The van der Waals surface area contributed by atoms with Crippen LogP contribution < -0.4 is 11.2 Å². The summed E-state index contributed by atoms with van der Waals surface area (Å²) in [5, 5.41) is 2.45. The molecule has 0 aliphatic carbocycles. The number of nitrogens with one attached hydrogen (secondary N) is 1. The lowest BCUT2D eigenvalue weighted by Crippen LogP contribution is -2.64. The number of nitrogens with two attached hydrogens (primary N) is 1. The van der Waals surface area contributed by atoms with Gasteiger partial charge in [0.25, 0.3) is 0 Å². The van der Waals surface area contributed by atoms with E-state index in [4.69, 9.17) is 5.73 Å². The molecule has 0 radical (unpaired) electrons. The second-order valence-corrected chi connectivity index (χ2v) is 6.08. The summed E-state index contributed by atoms with van der Waals surface area (Å²) in [6.07, 6.45) is 5.09. The molecule has 0 aromatic rings. The third-order valence-corrected chi connectivity index (χ3v) is 4.70. The molecule has 1 saturated heterocycles. The number of hydrazine groups is 1. The topological polar surface area (TPSA) is 41.3 Å². The van der Waals surface area contributed by atoms with Crippen LogP contribution >= 0.6 is 0 Å². The molecule has 1 heterocycles. The van der Waals surface area contributed by atoms with Crippen LogP contribution in [-0.4, -0.2) is 29.2 Å². The Labute approximate surface area is 107 Å². The van der Waals surface area contributed by atoms with Gasteiger partial charge in [0.15, 0.2) is 0 Å². The van der Waals surface area contributed by atoms with Gasteiger partial charge in [0, 0.05) is 24.2 Å². The molecule has 1 rings (SSSR count). The van der Waals surface area contributed by atoms with E-state index in [1.165, 1.54) is 19.3 Å². The van der Waals surface area contributed by atoms with Crippen molar-refractivity contribution in [2.24, 2.45) is 11.7 Å². The van der Waals surface area contributed by atoms with Gasteiger partial charge in [-0.25, -0.2) is 10.4 Å². The average Bonchev–Trinajstić information content (AvgIpc) is 2.32. The summed E-state index contributed by atoms with van der Waals surface area (Å²) in [7, 11) is 0. The van der Waals surface area contributed by atoms with Crippen LogP contribution in [0.4, 0.5) is 0 Å². The minimum atomic E-state index is 0.0224. The third-order valence-electron chi connectivity index (χ3n) is 4.70. The number of piperidine rings is 1. The van der Waals surface area contributed by atoms with Crippen LogP contribution in [0.5, 0.6) is 0 Å². The molecule has 4 atom stereocenters. The third kappa shape index (κ3) is 3.43. The lowest BCUT2D eigenvalue weighted by molar-refractivity contribution is -0.00912.